The molecule has 144 valence electrons. The van der Waals surface area contributed by atoms with Crippen LogP contribution in [0.15, 0.2) is 94.7 Å². The molecule has 1 aromatic heterocycles. The fourth-order valence-corrected chi connectivity index (χ4v) is 4.11. The summed E-state index contributed by atoms with van der Waals surface area (Å²) in [6, 6.07) is 27.1. The summed E-state index contributed by atoms with van der Waals surface area (Å²) in [5.74, 6) is 0.538. The molecule has 0 radical (unpaired) electrons. The molecule has 0 N–H and O–H groups in total. The lowest BCUT2D eigenvalue weighted by atomic mass is 10.1. The maximum absolute atomic E-state index is 13.3. The second-order valence-corrected chi connectivity index (χ2v) is 7.57. The summed E-state index contributed by atoms with van der Waals surface area (Å²) in [5.41, 5.74) is 3.13. The maximum atomic E-state index is 13.3. The van der Waals surface area contributed by atoms with Gasteiger partial charge >= 0.3 is 0 Å². The zero-order chi connectivity index (χ0) is 20.2. The van der Waals surface area contributed by atoms with Crippen LogP contribution >= 0.6 is 11.8 Å². The van der Waals surface area contributed by atoms with Gasteiger partial charge in [-0.2, -0.15) is 9.78 Å². The van der Waals surface area contributed by atoms with E-state index >= 15 is 0 Å². The Morgan fingerprint density at radius 3 is 2.14 bits per heavy atom. The van der Waals surface area contributed by atoms with Crippen molar-refractivity contribution >= 4 is 17.7 Å². The standard InChI is InChI=1S/C24H20N2O2S/c1-17-23(29-21-11-7-4-8-12-21)22(18-9-5-3-6-10-18)26(25-17)24(27)19-13-15-20(28-2)16-14-19/h3-16H,1-2H3. The Kier molecular flexibility index (Phi) is 5.49. The smallest absolute Gasteiger partial charge is 0.278 e. The third-order valence-electron chi connectivity index (χ3n) is 4.55. The highest BCUT2D eigenvalue weighted by molar-refractivity contribution is 7.99. The average Bonchev–Trinajstić information content (AvgIpc) is 3.10. The summed E-state index contributed by atoms with van der Waals surface area (Å²) in [6.07, 6.45) is 0. The van der Waals surface area contributed by atoms with Crippen LogP contribution in [0.4, 0.5) is 0 Å². The minimum absolute atomic E-state index is 0.172. The van der Waals surface area contributed by atoms with E-state index in [0.29, 0.717) is 11.3 Å². The van der Waals surface area contributed by atoms with Gasteiger partial charge in [0.05, 0.1) is 23.4 Å². The predicted molar refractivity (Wildman–Crippen MR) is 116 cm³/mol. The van der Waals surface area contributed by atoms with E-state index in [-0.39, 0.29) is 5.91 Å². The van der Waals surface area contributed by atoms with Crippen LogP contribution in [0.3, 0.4) is 0 Å². The van der Waals surface area contributed by atoms with E-state index in [0.717, 1.165) is 26.7 Å². The second kappa shape index (κ2) is 8.37. The predicted octanol–water partition coefficient (Wildman–Crippen LogP) is 5.71. The molecule has 0 aliphatic carbocycles. The third kappa shape index (κ3) is 3.96. The molecule has 0 spiro atoms. The lowest BCUT2D eigenvalue weighted by Crippen LogP contribution is -2.15. The highest BCUT2D eigenvalue weighted by Gasteiger charge is 2.23. The Labute approximate surface area is 174 Å². The van der Waals surface area contributed by atoms with Crippen LogP contribution in [0.2, 0.25) is 0 Å². The van der Waals surface area contributed by atoms with E-state index in [4.69, 9.17) is 4.74 Å². The summed E-state index contributed by atoms with van der Waals surface area (Å²) in [5, 5.41) is 4.62. The molecule has 4 rings (SSSR count). The number of rotatable bonds is 5. The Morgan fingerprint density at radius 2 is 1.52 bits per heavy atom. The van der Waals surface area contributed by atoms with Crippen LogP contribution in [0.25, 0.3) is 11.3 Å². The summed E-state index contributed by atoms with van der Waals surface area (Å²) in [7, 11) is 1.61. The van der Waals surface area contributed by atoms with Gasteiger partial charge in [0, 0.05) is 16.0 Å². The van der Waals surface area contributed by atoms with Crippen molar-refractivity contribution in [3.8, 4) is 17.0 Å². The molecule has 1 heterocycles. The molecular formula is C24H20N2O2S. The van der Waals surface area contributed by atoms with Gasteiger partial charge in [-0.05, 0) is 43.3 Å². The van der Waals surface area contributed by atoms with Crippen LogP contribution < -0.4 is 4.74 Å². The first-order valence-electron chi connectivity index (χ1n) is 9.24. The van der Waals surface area contributed by atoms with Crippen molar-refractivity contribution in [2.24, 2.45) is 0 Å². The van der Waals surface area contributed by atoms with E-state index in [2.05, 4.69) is 17.2 Å². The second-order valence-electron chi connectivity index (χ2n) is 6.49. The van der Waals surface area contributed by atoms with E-state index in [9.17, 15) is 4.79 Å². The van der Waals surface area contributed by atoms with Gasteiger partial charge in [0.2, 0.25) is 0 Å². The third-order valence-corrected chi connectivity index (χ3v) is 5.75. The monoisotopic (exact) mass is 400 g/mol. The van der Waals surface area contributed by atoms with Crippen LogP contribution in [-0.2, 0) is 0 Å². The van der Waals surface area contributed by atoms with Gasteiger partial charge in [0.25, 0.3) is 5.91 Å². The highest BCUT2D eigenvalue weighted by atomic mass is 32.2. The fourth-order valence-electron chi connectivity index (χ4n) is 3.09. The summed E-state index contributed by atoms with van der Waals surface area (Å²) >= 11 is 1.62. The van der Waals surface area contributed by atoms with E-state index < -0.39 is 0 Å². The van der Waals surface area contributed by atoms with Crippen LogP contribution in [-0.4, -0.2) is 22.8 Å². The Morgan fingerprint density at radius 1 is 0.897 bits per heavy atom. The summed E-state index contributed by atoms with van der Waals surface area (Å²) < 4.78 is 6.71. The molecular weight excluding hydrogens is 380 g/mol. The van der Waals surface area contributed by atoms with E-state index in [1.807, 2.05) is 55.5 Å². The largest absolute Gasteiger partial charge is 0.497 e. The van der Waals surface area contributed by atoms with Crippen LogP contribution in [0.1, 0.15) is 16.1 Å². The first-order chi connectivity index (χ1) is 14.2. The van der Waals surface area contributed by atoms with Crippen molar-refractivity contribution in [3.63, 3.8) is 0 Å². The lowest BCUT2D eigenvalue weighted by molar-refractivity contribution is 0.0946. The molecule has 5 heteroatoms. The number of hydrogen-bond acceptors (Lipinski definition) is 4. The number of aromatic nitrogens is 2. The first-order valence-corrected chi connectivity index (χ1v) is 10.1. The number of carbonyl (C=O) groups excluding carboxylic acids is 1. The molecule has 0 aliphatic rings. The van der Waals surface area contributed by atoms with Crippen molar-refractivity contribution in [1.29, 1.82) is 0 Å². The van der Waals surface area contributed by atoms with Crippen LogP contribution in [0, 0.1) is 6.92 Å². The van der Waals surface area contributed by atoms with Crippen molar-refractivity contribution in [2.45, 2.75) is 16.7 Å². The van der Waals surface area contributed by atoms with Gasteiger partial charge in [-0.3, -0.25) is 4.79 Å². The molecule has 0 fully saturated rings. The molecule has 0 atom stereocenters. The minimum Gasteiger partial charge on any atom is -0.497 e. The molecule has 0 saturated heterocycles. The number of nitrogens with zero attached hydrogens (tertiary/aromatic N) is 2. The molecule has 0 amide bonds. The molecule has 0 unspecified atom stereocenters. The van der Waals surface area contributed by atoms with Crippen molar-refractivity contribution in [2.75, 3.05) is 7.11 Å². The van der Waals surface area contributed by atoms with Gasteiger partial charge in [0.1, 0.15) is 5.75 Å². The SMILES string of the molecule is COc1ccc(C(=O)n2nc(C)c(Sc3ccccc3)c2-c2ccccc2)cc1. The maximum Gasteiger partial charge on any atom is 0.278 e. The van der Waals surface area contributed by atoms with E-state index in [1.54, 1.807) is 43.1 Å². The first kappa shape index (κ1) is 19.0. The Hall–Kier alpha value is -3.31. The zero-order valence-corrected chi connectivity index (χ0v) is 17.0. The number of methoxy groups -OCH3 is 1. The van der Waals surface area contributed by atoms with Crippen molar-refractivity contribution < 1.29 is 9.53 Å². The molecule has 29 heavy (non-hydrogen) atoms. The topological polar surface area (TPSA) is 44.1 Å². The van der Waals surface area contributed by atoms with Gasteiger partial charge in [-0.1, -0.05) is 60.3 Å². The molecule has 4 aromatic rings. The summed E-state index contributed by atoms with van der Waals surface area (Å²) in [6.45, 7) is 1.94. The molecule has 0 saturated carbocycles. The zero-order valence-electron chi connectivity index (χ0n) is 16.2. The lowest BCUT2D eigenvalue weighted by Gasteiger charge is -2.10. The van der Waals surface area contributed by atoms with Crippen molar-refractivity contribution in [3.05, 3.63) is 96.2 Å². The fraction of sp³-hybridized carbons (Fsp3) is 0.0833. The molecule has 3 aromatic carbocycles. The Balaban J connectivity index is 1.83. The van der Waals surface area contributed by atoms with Crippen LogP contribution in [0.5, 0.6) is 5.75 Å². The number of carbonyl (C=O) groups is 1. The quantitative estimate of drug-likeness (QED) is 0.431. The summed E-state index contributed by atoms with van der Waals surface area (Å²) in [4.78, 5) is 15.4. The number of ether oxygens (including phenoxy) is 1. The molecule has 4 nitrogen and oxygen atoms in total. The van der Waals surface area contributed by atoms with Gasteiger partial charge in [-0.15, -0.1) is 0 Å². The van der Waals surface area contributed by atoms with Crippen molar-refractivity contribution in [1.82, 2.24) is 9.78 Å². The van der Waals surface area contributed by atoms with Gasteiger partial charge < -0.3 is 4.74 Å². The minimum atomic E-state index is -0.172. The number of hydrogen-bond donors (Lipinski definition) is 0. The Bertz CT molecular complexity index is 1120. The number of aryl methyl sites for hydroxylation is 1. The normalized spacial score (nSPS) is 10.7. The van der Waals surface area contributed by atoms with Gasteiger partial charge in [-0.25, -0.2) is 0 Å². The molecule has 0 bridgehead atoms. The average molecular weight is 401 g/mol. The highest BCUT2D eigenvalue weighted by Crippen LogP contribution is 2.38. The molecule has 0 aliphatic heterocycles. The number of benzene rings is 3. The van der Waals surface area contributed by atoms with Gasteiger partial charge in [0.15, 0.2) is 0 Å². The van der Waals surface area contributed by atoms with E-state index in [1.165, 1.54) is 4.68 Å².